The van der Waals surface area contributed by atoms with E-state index in [0.29, 0.717) is 11.3 Å². The number of nitrogens with zero attached hydrogens (tertiary/aromatic N) is 1. The molecule has 0 saturated carbocycles. The predicted molar refractivity (Wildman–Crippen MR) is 101 cm³/mol. The SMILES string of the molecule is CS(=O)(=O)Nc1cccc(C(=O)Nc2cccc(N3CCCC3)c2)c1. The largest absolute Gasteiger partial charge is 0.371 e. The topological polar surface area (TPSA) is 78.5 Å². The molecule has 1 aliphatic rings. The highest BCUT2D eigenvalue weighted by Gasteiger charge is 2.13. The molecule has 0 unspecified atom stereocenters. The van der Waals surface area contributed by atoms with Crippen LogP contribution in [-0.4, -0.2) is 33.7 Å². The molecule has 0 spiro atoms. The smallest absolute Gasteiger partial charge is 0.255 e. The fourth-order valence-electron chi connectivity index (χ4n) is 2.90. The van der Waals surface area contributed by atoms with Crippen LogP contribution in [0, 0.1) is 0 Å². The number of sulfonamides is 1. The van der Waals surface area contributed by atoms with Crippen molar-refractivity contribution in [2.45, 2.75) is 12.8 Å². The van der Waals surface area contributed by atoms with Crippen molar-refractivity contribution in [3.05, 3.63) is 54.1 Å². The summed E-state index contributed by atoms with van der Waals surface area (Å²) in [7, 11) is -3.38. The molecule has 1 saturated heterocycles. The number of hydrogen-bond acceptors (Lipinski definition) is 4. The van der Waals surface area contributed by atoms with Gasteiger partial charge >= 0.3 is 0 Å². The Morgan fingerprint density at radius 1 is 1.00 bits per heavy atom. The van der Waals surface area contributed by atoms with Gasteiger partial charge in [0.05, 0.1) is 6.26 Å². The van der Waals surface area contributed by atoms with Gasteiger partial charge in [-0.1, -0.05) is 12.1 Å². The molecule has 7 heteroatoms. The first-order valence-corrected chi connectivity index (χ1v) is 10.0. The Kier molecular flexibility index (Phi) is 4.94. The van der Waals surface area contributed by atoms with Gasteiger partial charge in [0, 0.05) is 35.7 Å². The van der Waals surface area contributed by atoms with Crippen LogP contribution in [0.5, 0.6) is 0 Å². The van der Waals surface area contributed by atoms with Crippen LogP contribution >= 0.6 is 0 Å². The second-order valence-electron chi connectivity index (χ2n) is 6.15. The molecular weight excluding hydrogens is 338 g/mol. The quantitative estimate of drug-likeness (QED) is 0.860. The molecule has 1 amide bonds. The summed E-state index contributed by atoms with van der Waals surface area (Å²) >= 11 is 0. The summed E-state index contributed by atoms with van der Waals surface area (Å²) in [4.78, 5) is 14.8. The standard InChI is InChI=1S/C18H21N3O3S/c1-25(23,24)20-16-8-4-6-14(12-16)18(22)19-15-7-5-9-17(13-15)21-10-2-3-11-21/h4-9,12-13,20H,2-3,10-11H2,1H3,(H,19,22). The van der Waals surface area contributed by atoms with Gasteiger partial charge in [-0.2, -0.15) is 0 Å². The van der Waals surface area contributed by atoms with E-state index < -0.39 is 10.0 Å². The van der Waals surface area contributed by atoms with Gasteiger partial charge < -0.3 is 10.2 Å². The number of nitrogens with one attached hydrogen (secondary N) is 2. The van der Waals surface area contributed by atoms with Crippen LogP contribution in [0.3, 0.4) is 0 Å². The molecule has 2 aromatic rings. The van der Waals surface area contributed by atoms with Gasteiger partial charge in [-0.25, -0.2) is 8.42 Å². The highest BCUT2D eigenvalue weighted by molar-refractivity contribution is 7.92. The van der Waals surface area contributed by atoms with Crippen molar-refractivity contribution in [2.75, 3.05) is 34.3 Å². The van der Waals surface area contributed by atoms with E-state index in [1.807, 2.05) is 24.3 Å². The maximum Gasteiger partial charge on any atom is 0.255 e. The summed E-state index contributed by atoms with van der Waals surface area (Å²) in [5, 5.41) is 2.87. The van der Waals surface area contributed by atoms with Gasteiger partial charge in [0.15, 0.2) is 0 Å². The Labute approximate surface area is 147 Å². The van der Waals surface area contributed by atoms with Gasteiger partial charge in [-0.3, -0.25) is 9.52 Å². The summed E-state index contributed by atoms with van der Waals surface area (Å²) in [5.41, 5.74) is 2.57. The van der Waals surface area contributed by atoms with E-state index in [-0.39, 0.29) is 5.91 Å². The maximum absolute atomic E-state index is 12.5. The van der Waals surface area contributed by atoms with Gasteiger partial charge in [0.25, 0.3) is 5.91 Å². The van der Waals surface area contributed by atoms with Gasteiger partial charge in [0.1, 0.15) is 0 Å². The predicted octanol–water partition coefficient (Wildman–Crippen LogP) is 2.91. The average Bonchev–Trinajstić information content (AvgIpc) is 3.08. The Bertz CT molecular complexity index is 875. The third kappa shape index (κ3) is 4.73. The number of benzene rings is 2. The highest BCUT2D eigenvalue weighted by atomic mass is 32.2. The lowest BCUT2D eigenvalue weighted by molar-refractivity contribution is 0.102. The third-order valence-electron chi connectivity index (χ3n) is 4.00. The second-order valence-corrected chi connectivity index (χ2v) is 7.90. The van der Waals surface area contributed by atoms with Crippen molar-refractivity contribution in [3.63, 3.8) is 0 Å². The molecule has 25 heavy (non-hydrogen) atoms. The van der Waals surface area contributed by atoms with E-state index in [1.54, 1.807) is 18.2 Å². The molecule has 2 aromatic carbocycles. The summed E-state index contributed by atoms with van der Waals surface area (Å²) in [5.74, 6) is -0.282. The van der Waals surface area contributed by atoms with E-state index in [2.05, 4.69) is 14.9 Å². The first-order valence-electron chi connectivity index (χ1n) is 8.15. The average molecular weight is 359 g/mol. The Balaban J connectivity index is 1.74. The molecule has 1 fully saturated rings. The van der Waals surface area contributed by atoms with Gasteiger partial charge in [-0.05, 0) is 49.2 Å². The monoisotopic (exact) mass is 359 g/mol. The highest BCUT2D eigenvalue weighted by Crippen LogP contribution is 2.24. The minimum atomic E-state index is -3.38. The van der Waals surface area contributed by atoms with Crippen molar-refractivity contribution in [3.8, 4) is 0 Å². The van der Waals surface area contributed by atoms with E-state index in [0.717, 1.165) is 30.7 Å². The lowest BCUT2D eigenvalue weighted by Crippen LogP contribution is -2.18. The van der Waals surface area contributed by atoms with E-state index >= 15 is 0 Å². The Morgan fingerprint density at radius 3 is 2.40 bits per heavy atom. The molecule has 1 heterocycles. The molecule has 0 aromatic heterocycles. The molecule has 3 rings (SSSR count). The number of amides is 1. The fraction of sp³-hybridized carbons (Fsp3) is 0.278. The van der Waals surface area contributed by atoms with Crippen molar-refractivity contribution in [2.24, 2.45) is 0 Å². The zero-order chi connectivity index (χ0) is 17.9. The number of carbonyl (C=O) groups is 1. The molecule has 0 atom stereocenters. The summed E-state index contributed by atoms with van der Waals surface area (Å²) in [6.45, 7) is 2.08. The Hall–Kier alpha value is -2.54. The van der Waals surface area contributed by atoms with Crippen molar-refractivity contribution >= 4 is 33.0 Å². The van der Waals surface area contributed by atoms with Gasteiger partial charge in [0.2, 0.25) is 10.0 Å². The number of anilines is 3. The van der Waals surface area contributed by atoms with Gasteiger partial charge in [-0.15, -0.1) is 0 Å². The number of carbonyl (C=O) groups excluding carboxylic acids is 1. The molecule has 132 valence electrons. The lowest BCUT2D eigenvalue weighted by atomic mass is 10.2. The van der Waals surface area contributed by atoms with E-state index in [1.165, 1.54) is 18.9 Å². The van der Waals surface area contributed by atoms with Crippen LogP contribution in [0.1, 0.15) is 23.2 Å². The molecule has 0 aliphatic carbocycles. The van der Waals surface area contributed by atoms with Crippen LogP contribution in [0.2, 0.25) is 0 Å². The molecule has 2 N–H and O–H groups in total. The Morgan fingerprint density at radius 2 is 1.68 bits per heavy atom. The van der Waals surface area contributed by atoms with Crippen molar-refractivity contribution in [1.82, 2.24) is 0 Å². The van der Waals surface area contributed by atoms with E-state index in [4.69, 9.17) is 0 Å². The summed E-state index contributed by atoms with van der Waals surface area (Å²) in [6.07, 6.45) is 3.46. The number of hydrogen-bond donors (Lipinski definition) is 2. The zero-order valence-corrected chi connectivity index (χ0v) is 14.8. The minimum Gasteiger partial charge on any atom is -0.371 e. The van der Waals surface area contributed by atoms with Crippen molar-refractivity contribution < 1.29 is 13.2 Å². The van der Waals surface area contributed by atoms with Crippen LogP contribution in [-0.2, 0) is 10.0 Å². The normalized spacial score (nSPS) is 14.4. The van der Waals surface area contributed by atoms with Crippen molar-refractivity contribution in [1.29, 1.82) is 0 Å². The first kappa shape index (κ1) is 17.3. The fourth-order valence-corrected chi connectivity index (χ4v) is 3.45. The van der Waals surface area contributed by atoms with Crippen LogP contribution in [0.15, 0.2) is 48.5 Å². The number of rotatable bonds is 5. The zero-order valence-electron chi connectivity index (χ0n) is 14.0. The molecule has 1 aliphatic heterocycles. The van der Waals surface area contributed by atoms with Crippen LogP contribution in [0.4, 0.5) is 17.1 Å². The molecule has 6 nitrogen and oxygen atoms in total. The molecule has 0 radical (unpaired) electrons. The first-order chi connectivity index (χ1) is 11.9. The minimum absolute atomic E-state index is 0.282. The molecule has 0 bridgehead atoms. The molecular formula is C18H21N3O3S. The lowest BCUT2D eigenvalue weighted by Gasteiger charge is -2.18. The second kappa shape index (κ2) is 7.14. The van der Waals surface area contributed by atoms with Crippen LogP contribution in [0.25, 0.3) is 0 Å². The maximum atomic E-state index is 12.5. The summed E-state index contributed by atoms with van der Waals surface area (Å²) < 4.78 is 25.0. The van der Waals surface area contributed by atoms with Crippen LogP contribution < -0.4 is 14.9 Å². The van der Waals surface area contributed by atoms with E-state index in [9.17, 15) is 13.2 Å². The summed E-state index contributed by atoms with van der Waals surface area (Å²) in [6, 6.07) is 14.2. The third-order valence-corrected chi connectivity index (χ3v) is 4.61.